The van der Waals surface area contributed by atoms with Gasteiger partial charge in [-0.15, -0.1) is 11.3 Å². The predicted octanol–water partition coefficient (Wildman–Crippen LogP) is 4.12. The van der Waals surface area contributed by atoms with Gasteiger partial charge in [-0.3, -0.25) is 14.7 Å². The lowest BCUT2D eigenvalue weighted by molar-refractivity contribution is -0.165. The van der Waals surface area contributed by atoms with Gasteiger partial charge in [-0.1, -0.05) is 29.3 Å². The molecule has 0 spiro atoms. The first-order valence-corrected chi connectivity index (χ1v) is 14.7. The minimum atomic E-state index is -0.953. The van der Waals surface area contributed by atoms with E-state index >= 15 is 0 Å². The van der Waals surface area contributed by atoms with Gasteiger partial charge in [-0.2, -0.15) is 0 Å². The lowest BCUT2D eigenvalue weighted by Crippen LogP contribution is -2.53. The van der Waals surface area contributed by atoms with Crippen LogP contribution in [0.2, 0.25) is 10.0 Å². The average molecular weight is 642 g/mol. The molecule has 0 saturated carbocycles. The van der Waals surface area contributed by atoms with E-state index < -0.39 is 37.0 Å². The lowest BCUT2D eigenvalue weighted by atomic mass is 9.95. The summed E-state index contributed by atoms with van der Waals surface area (Å²) in [5, 5.41) is 6.40. The highest BCUT2D eigenvalue weighted by molar-refractivity contribution is 7.11. The quantitative estimate of drug-likeness (QED) is 0.228. The minimum absolute atomic E-state index is 0.0250. The van der Waals surface area contributed by atoms with Crippen molar-refractivity contribution in [3.8, 4) is 0 Å². The maximum absolute atomic E-state index is 13.4. The van der Waals surface area contributed by atoms with Gasteiger partial charge in [-0.25, -0.2) is 14.6 Å². The summed E-state index contributed by atoms with van der Waals surface area (Å²) in [4.78, 5) is 49.1. The van der Waals surface area contributed by atoms with Gasteiger partial charge in [0.2, 0.25) is 6.79 Å². The van der Waals surface area contributed by atoms with E-state index in [1.54, 1.807) is 55.4 Å². The number of hydrogen-bond donors (Lipinski definition) is 1. The largest absolute Gasteiger partial charge is 0.511 e. The summed E-state index contributed by atoms with van der Waals surface area (Å²) in [5.74, 6) is -0.844. The maximum Gasteiger partial charge on any atom is 0.511 e. The van der Waals surface area contributed by atoms with E-state index in [0.717, 1.165) is 0 Å². The fourth-order valence-electron chi connectivity index (χ4n) is 4.27. The first-order valence-electron chi connectivity index (χ1n) is 13.1. The molecule has 2 aliphatic heterocycles. The second-order valence-corrected chi connectivity index (χ2v) is 11.1. The molecule has 42 heavy (non-hydrogen) atoms. The van der Waals surface area contributed by atoms with E-state index in [-0.39, 0.29) is 31.4 Å². The van der Waals surface area contributed by atoms with E-state index in [1.165, 1.54) is 11.3 Å². The molecule has 1 N–H and O–H groups in total. The van der Waals surface area contributed by atoms with Crippen LogP contribution in [0, 0.1) is 0 Å². The van der Waals surface area contributed by atoms with Crippen molar-refractivity contribution in [2.75, 3.05) is 39.7 Å². The number of morpholine rings is 1. The molecule has 2 unspecified atom stereocenters. The van der Waals surface area contributed by atoms with Gasteiger partial charge in [0.15, 0.2) is 10.8 Å². The SMILES string of the molecule is CCOC(=O)C1=C(CN2CCOCC2C(=O)OCOC(=O)OC(C)C)NC(c2nccs2)=NC1c1ccc(Cl)cc1Cl. The second kappa shape index (κ2) is 14.8. The van der Waals surface area contributed by atoms with Crippen molar-refractivity contribution in [3.05, 3.63) is 61.7 Å². The molecule has 3 heterocycles. The molecule has 12 nitrogen and oxygen atoms in total. The van der Waals surface area contributed by atoms with Gasteiger partial charge in [0.05, 0.1) is 31.5 Å². The monoisotopic (exact) mass is 640 g/mol. The number of nitrogens with zero attached hydrogens (tertiary/aromatic N) is 3. The fourth-order valence-corrected chi connectivity index (χ4v) is 5.37. The highest BCUT2D eigenvalue weighted by Gasteiger charge is 2.37. The number of esters is 2. The standard InChI is InChI=1S/C27H30Cl2N4O8S/c1-4-38-26(35)21-19(12-33-8-9-37-13-20(33)25(34)39-14-40-27(36)41-15(2)3)31-23(24-30-7-10-42-24)32-22(21)17-6-5-16(28)11-18(17)29/h5-7,10-11,15,20,22H,4,8-9,12-14H2,1-3H3,(H,31,32). The van der Waals surface area contributed by atoms with E-state index in [2.05, 4.69) is 10.3 Å². The lowest BCUT2D eigenvalue weighted by Gasteiger charge is -2.36. The van der Waals surface area contributed by atoms with E-state index in [0.29, 0.717) is 45.3 Å². The molecule has 2 aromatic rings. The molecule has 1 aromatic heterocycles. The summed E-state index contributed by atoms with van der Waals surface area (Å²) < 4.78 is 25.9. The zero-order valence-electron chi connectivity index (χ0n) is 23.1. The summed E-state index contributed by atoms with van der Waals surface area (Å²) in [6.45, 7) is 5.34. The van der Waals surface area contributed by atoms with Crippen molar-refractivity contribution in [2.45, 2.75) is 39.0 Å². The van der Waals surface area contributed by atoms with Crippen LogP contribution < -0.4 is 5.32 Å². The zero-order valence-corrected chi connectivity index (χ0v) is 25.5. The van der Waals surface area contributed by atoms with Crippen LogP contribution in [0.1, 0.15) is 37.4 Å². The third-order valence-corrected chi connectivity index (χ3v) is 7.44. The third-order valence-electron chi connectivity index (χ3n) is 6.10. The minimum Gasteiger partial charge on any atom is -0.463 e. The third kappa shape index (κ3) is 7.98. The molecule has 226 valence electrons. The Morgan fingerprint density at radius 2 is 2.02 bits per heavy atom. The molecule has 1 saturated heterocycles. The summed E-state index contributed by atoms with van der Waals surface area (Å²) in [6.07, 6.45) is 0.307. The highest BCUT2D eigenvalue weighted by Crippen LogP contribution is 2.37. The van der Waals surface area contributed by atoms with Gasteiger partial charge >= 0.3 is 18.1 Å². The molecular weight excluding hydrogens is 611 g/mol. The van der Waals surface area contributed by atoms with Crippen LogP contribution in [-0.4, -0.2) is 85.7 Å². The van der Waals surface area contributed by atoms with E-state index in [1.807, 2.05) is 0 Å². The van der Waals surface area contributed by atoms with Gasteiger partial charge in [-0.05, 0) is 32.9 Å². The number of ether oxygens (including phenoxy) is 5. The Morgan fingerprint density at radius 1 is 1.21 bits per heavy atom. The van der Waals surface area contributed by atoms with Crippen molar-refractivity contribution in [1.29, 1.82) is 0 Å². The van der Waals surface area contributed by atoms with Crippen LogP contribution in [0.3, 0.4) is 0 Å². The topological polar surface area (TPSA) is 138 Å². The molecule has 0 radical (unpaired) electrons. The number of amidine groups is 1. The van der Waals surface area contributed by atoms with Gasteiger partial charge in [0.1, 0.15) is 12.1 Å². The number of benzene rings is 1. The molecule has 1 fully saturated rings. The van der Waals surface area contributed by atoms with Crippen LogP contribution in [0.5, 0.6) is 0 Å². The van der Waals surface area contributed by atoms with Crippen LogP contribution >= 0.6 is 34.5 Å². The summed E-state index contributed by atoms with van der Waals surface area (Å²) in [5.41, 5.74) is 1.21. The smallest absolute Gasteiger partial charge is 0.463 e. The number of halogens is 2. The molecule has 0 amide bonds. The zero-order chi connectivity index (χ0) is 30.2. The van der Waals surface area contributed by atoms with Crippen LogP contribution in [0.15, 0.2) is 46.0 Å². The van der Waals surface area contributed by atoms with Crippen molar-refractivity contribution in [1.82, 2.24) is 15.2 Å². The summed E-state index contributed by atoms with van der Waals surface area (Å²) in [7, 11) is 0. The Bertz CT molecular complexity index is 1350. The molecule has 2 aliphatic rings. The first-order chi connectivity index (χ1) is 20.2. The predicted molar refractivity (Wildman–Crippen MR) is 154 cm³/mol. The second-order valence-electron chi connectivity index (χ2n) is 9.32. The number of thiazole rings is 1. The molecular formula is C27H30Cl2N4O8S. The van der Waals surface area contributed by atoms with Gasteiger partial charge in [0.25, 0.3) is 0 Å². The molecule has 15 heteroatoms. The molecule has 1 aromatic carbocycles. The number of aliphatic imine (C=N–C) groups is 1. The van der Waals surface area contributed by atoms with E-state index in [4.69, 9.17) is 51.9 Å². The fraction of sp³-hybridized carbons (Fsp3) is 0.444. The molecule has 2 atom stereocenters. The number of hydrogen-bond acceptors (Lipinski definition) is 13. The normalized spacial score (nSPS) is 19.1. The Morgan fingerprint density at radius 3 is 2.71 bits per heavy atom. The number of carbonyl (C=O) groups excluding carboxylic acids is 3. The molecule has 0 aliphatic carbocycles. The van der Waals surface area contributed by atoms with Crippen LogP contribution in [-0.2, 0) is 33.3 Å². The average Bonchev–Trinajstić information content (AvgIpc) is 3.48. The number of aromatic nitrogens is 1. The van der Waals surface area contributed by atoms with Crippen LogP contribution in [0.25, 0.3) is 0 Å². The van der Waals surface area contributed by atoms with Gasteiger partial charge in [0, 0.05) is 46.0 Å². The summed E-state index contributed by atoms with van der Waals surface area (Å²) >= 11 is 14.1. The van der Waals surface area contributed by atoms with Crippen molar-refractivity contribution < 1.29 is 38.1 Å². The maximum atomic E-state index is 13.4. The van der Waals surface area contributed by atoms with Crippen molar-refractivity contribution in [2.24, 2.45) is 4.99 Å². The highest BCUT2D eigenvalue weighted by atomic mass is 35.5. The van der Waals surface area contributed by atoms with Crippen LogP contribution in [0.4, 0.5) is 4.79 Å². The number of rotatable bonds is 10. The molecule has 0 bridgehead atoms. The number of carbonyl (C=O) groups is 3. The van der Waals surface area contributed by atoms with Crippen molar-refractivity contribution >= 4 is 58.5 Å². The van der Waals surface area contributed by atoms with Gasteiger partial charge < -0.3 is 29.0 Å². The Hall–Kier alpha value is -3.23. The number of nitrogens with one attached hydrogen (secondary N) is 1. The Labute approximate surface area is 256 Å². The molecule has 4 rings (SSSR count). The first kappa shape index (κ1) is 31.7. The summed E-state index contributed by atoms with van der Waals surface area (Å²) in [6, 6.07) is 3.24. The van der Waals surface area contributed by atoms with Crippen molar-refractivity contribution in [3.63, 3.8) is 0 Å². The Balaban J connectivity index is 1.65. The van der Waals surface area contributed by atoms with E-state index in [9.17, 15) is 14.4 Å². The Kier molecular flexibility index (Phi) is 11.2.